The number of rotatable bonds is 8. The quantitative estimate of drug-likeness (QED) is 0.135. The molecule has 0 saturated heterocycles. The van der Waals surface area contributed by atoms with Crippen LogP contribution in [0.25, 0.3) is 45.0 Å². The number of nitrogens with zero attached hydrogens (tertiary/aromatic N) is 4. The Kier molecular flexibility index (Phi) is 20.2. The molecule has 0 unspecified atom stereocenters. The van der Waals surface area contributed by atoms with Crippen LogP contribution in [0, 0.1) is 95.9 Å². The molecule has 0 saturated carbocycles. The van der Waals surface area contributed by atoms with Crippen molar-refractivity contribution in [2.75, 3.05) is 0 Å². The van der Waals surface area contributed by atoms with Crippen molar-refractivity contribution < 1.29 is 18.3 Å². The molecule has 0 radical (unpaired) electrons. The van der Waals surface area contributed by atoms with Gasteiger partial charge in [0.25, 0.3) is 0 Å². The van der Waals surface area contributed by atoms with E-state index in [2.05, 4.69) is 293 Å². The van der Waals surface area contributed by atoms with Gasteiger partial charge in [-0.3, -0.25) is 0 Å². The first-order chi connectivity index (χ1) is 34.8. The summed E-state index contributed by atoms with van der Waals surface area (Å²) in [7, 11) is 8.51. The highest BCUT2D eigenvalue weighted by molar-refractivity contribution is 5.67. The molecule has 0 N–H and O–H groups in total. The van der Waals surface area contributed by atoms with Crippen molar-refractivity contribution in [3.63, 3.8) is 0 Å². The van der Waals surface area contributed by atoms with E-state index < -0.39 is 0 Å². The topological polar surface area (TPSA) is 15.5 Å². The Hall–Kier alpha value is -6.52. The van der Waals surface area contributed by atoms with Crippen LogP contribution in [-0.2, 0) is 41.0 Å². The molecule has 0 fully saturated rings. The highest BCUT2D eigenvalue weighted by Gasteiger charge is 2.20. The molecule has 0 atom stereocenters. The Labute approximate surface area is 449 Å². The molecule has 0 spiro atoms. The van der Waals surface area contributed by atoms with Gasteiger partial charge < -0.3 is 0 Å². The van der Waals surface area contributed by atoms with Crippen LogP contribution in [0.2, 0.25) is 0 Å². The molecule has 4 heteroatoms. The summed E-state index contributed by atoms with van der Waals surface area (Å²) in [6.45, 7) is 39.5. The third-order valence-electron chi connectivity index (χ3n) is 14.2. The summed E-state index contributed by atoms with van der Waals surface area (Å²) in [5, 5.41) is 0. The molecule has 4 nitrogen and oxygen atoms in total. The van der Waals surface area contributed by atoms with Crippen molar-refractivity contribution in [3.8, 4) is 45.0 Å². The van der Waals surface area contributed by atoms with Crippen LogP contribution in [0.5, 0.6) is 0 Å². The van der Waals surface area contributed by atoms with E-state index in [4.69, 9.17) is 0 Å². The van der Waals surface area contributed by atoms with Crippen molar-refractivity contribution in [3.05, 3.63) is 211 Å². The Bertz CT molecular complexity index is 3160. The number of pyridine rings is 4. The van der Waals surface area contributed by atoms with Crippen LogP contribution in [0.15, 0.2) is 122 Å². The molecule has 388 valence electrons. The monoisotopic (exact) mass is 989 g/mol. The molecule has 4 aromatic carbocycles. The Balaban J connectivity index is 0.000000183. The normalized spacial score (nSPS) is 10.9. The molecule has 0 amide bonds. The zero-order chi connectivity index (χ0) is 54.9. The molecule has 0 aliphatic rings. The van der Waals surface area contributed by atoms with Crippen LogP contribution in [0.4, 0.5) is 0 Å². The summed E-state index contributed by atoms with van der Waals surface area (Å²) in [5.41, 5.74) is 32.2. The van der Waals surface area contributed by atoms with Gasteiger partial charge in [0, 0.05) is 66.8 Å². The molecular weight excluding hydrogens is 897 g/mol. The van der Waals surface area contributed by atoms with Gasteiger partial charge in [0.15, 0.2) is 24.8 Å². The average molecular weight is 990 g/mol. The van der Waals surface area contributed by atoms with Crippen LogP contribution >= 0.6 is 0 Å². The van der Waals surface area contributed by atoms with E-state index in [1.54, 1.807) is 0 Å². The van der Waals surface area contributed by atoms with Gasteiger partial charge in [0.05, 0.1) is 0 Å². The van der Waals surface area contributed by atoms with E-state index in [0.29, 0.717) is 11.8 Å². The van der Waals surface area contributed by atoms with Crippen LogP contribution < -0.4 is 18.3 Å². The number of aromatic nitrogens is 4. The van der Waals surface area contributed by atoms with Gasteiger partial charge in [0.1, 0.15) is 28.2 Å². The standard InChI is InChI=1S/C19H26N.C18H24N.C17H22N.C16H20N/c1-13(2)9-17-7-8-18(15(4)11-17)19-16(5)10-14(3)12-20(19)6;1-12(2)16-7-8-17(14(4)10-16)18-15(5)9-13(3)11-19(18)6;1-6-15-7-8-16(13(3)10-15)17-14(4)9-12(2)11-18(17)5;1-11-6-7-15(13(3)8-11)16-14(4)9-12(2)10-17(16)5/h7-8,10-13H,9H2,1-6H3;7-12H,1-6H3;7-11H,6H2,1-5H3;6-10H,1-5H3/q4*+1. The third kappa shape index (κ3) is 14.8. The summed E-state index contributed by atoms with van der Waals surface area (Å²) >= 11 is 0. The van der Waals surface area contributed by atoms with Crippen LogP contribution in [0.3, 0.4) is 0 Å². The Morgan fingerprint density at radius 2 is 0.622 bits per heavy atom. The summed E-state index contributed by atoms with van der Waals surface area (Å²) < 4.78 is 8.94. The third-order valence-corrected chi connectivity index (χ3v) is 14.2. The van der Waals surface area contributed by atoms with Crippen molar-refractivity contribution in [2.45, 2.75) is 143 Å². The molecular formula is C70H92N4+4. The summed E-state index contributed by atoms with van der Waals surface area (Å²) in [6.07, 6.45) is 11.0. The van der Waals surface area contributed by atoms with E-state index in [9.17, 15) is 0 Å². The van der Waals surface area contributed by atoms with E-state index >= 15 is 0 Å². The Morgan fingerprint density at radius 3 is 0.919 bits per heavy atom. The Morgan fingerprint density at radius 1 is 0.324 bits per heavy atom. The summed E-state index contributed by atoms with van der Waals surface area (Å²) in [6, 6.07) is 36.2. The predicted octanol–water partition coefficient (Wildman–Crippen LogP) is 15.6. The lowest BCUT2D eigenvalue weighted by Gasteiger charge is -2.11. The van der Waals surface area contributed by atoms with Gasteiger partial charge in [-0.25, -0.2) is 18.3 Å². The molecule has 4 heterocycles. The fraction of sp³-hybridized carbons (Fsp3) is 0.371. The minimum Gasteiger partial charge on any atom is -0.201 e. The minimum absolute atomic E-state index is 0.584. The largest absolute Gasteiger partial charge is 0.215 e. The molecule has 8 aromatic rings. The molecule has 0 aliphatic carbocycles. The number of hydrogen-bond acceptors (Lipinski definition) is 0. The maximum Gasteiger partial charge on any atom is 0.215 e. The fourth-order valence-electron chi connectivity index (χ4n) is 11.2. The first-order valence-electron chi connectivity index (χ1n) is 27.1. The maximum atomic E-state index is 2.34. The highest BCUT2D eigenvalue weighted by atomic mass is 14.9. The van der Waals surface area contributed by atoms with Gasteiger partial charge in [0.2, 0.25) is 22.8 Å². The SMILES string of the molecule is CCc1ccc(-c2c(C)cc(C)c[n+]2C)c(C)c1.Cc1cc(C)c(-c2ccc(C(C)C)cc2C)[n+](C)c1.Cc1cc(C)c(-c2ccc(CC(C)C)cc2C)[n+](C)c1.Cc1ccc(-c2c(C)cc(C)c[n+]2C)c(C)c1. The maximum absolute atomic E-state index is 2.34. The van der Waals surface area contributed by atoms with Crippen molar-refractivity contribution >= 4 is 0 Å². The zero-order valence-corrected chi connectivity index (χ0v) is 49.9. The van der Waals surface area contributed by atoms with E-state index in [1.165, 1.54) is 134 Å². The molecule has 0 bridgehead atoms. The lowest BCUT2D eigenvalue weighted by Crippen LogP contribution is -2.32. The van der Waals surface area contributed by atoms with E-state index in [-0.39, 0.29) is 0 Å². The summed E-state index contributed by atoms with van der Waals surface area (Å²) in [5.74, 6) is 1.29. The van der Waals surface area contributed by atoms with E-state index in [1.807, 2.05) is 0 Å². The van der Waals surface area contributed by atoms with E-state index in [0.717, 1.165) is 12.8 Å². The van der Waals surface area contributed by atoms with Gasteiger partial charge in [-0.2, -0.15) is 0 Å². The van der Waals surface area contributed by atoms with Gasteiger partial charge in [-0.15, -0.1) is 0 Å². The van der Waals surface area contributed by atoms with Gasteiger partial charge in [-0.1, -0.05) is 88.7 Å². The summed E-state index contributed by atoms with van der Waals surface area (Å²) in [4.78, 5) is 0. The van der Waals surface area contributed by atoms with Crippen molar-refractivity contribution in [1.82, 2.24) is 0 Å². The first-order valence-corrected chi connectivity index (χ1v) is 27.1. The lowest BCUT2D eigenvalue weighted by molar-refractivity contribution is -0.661. The van der Waals surface area contributed by atoms with Gasteiger partial charge in [-0.05, 0) is 202 Å². The molecule has 8 rings (SSSR count). The number of hydrogen-bond donors (Lipinski definition) is 0. The minimum atomic E-state index is 0.584. The van der Waals surface area contributed by atoms with Crippen molar-refractivity contribution in [2.24, 2.45) is 34.1 Å². The lowest BCUT2D eigenvalue weighted by atomic mass is 9.94. The average Bonchev–Trinajstić information content (AvgIpc) is 3.28. The van der Waals surface area contributed by atoms with Crippen LogP contribution in [0.1, 0.15) is 130 Å². The highest BCUT2D eigenvalue weighted by Crippen LogP contribution is 2.30. The van der Waals surface area contributed by atoms with Gasteiger partial charge >= 0.3 is 0 Å². The zero-order valence-electron chi connectivity index (χ0n) is 49.9. The fourth-order valence-corrected chi connectivity index (χ4v) is 11.2. The first kappa shape index (κ1) is 58.4. The smallest absolute Gasteiger partial charge is 0.201 e. The van der Waals surface area contributed by atoms with Crippen LogP contribution in [-0.4, -0.2) is 0 Å². The molecule has 0 aliphatic heterocycles. The number of benzene rings is 4. The molecule has 4 aromatic heterocycles. The van der Waals surface area contributed by atoms with Crippen molar-refractivity contribution in [1.29, 1.82) is 0 Å². The molecule has 74 heavy (non-hydrogen) atoms. The second-order valence-electron chi connectivity index (χ2n) is 22.4. The second-order valence-corrected chi connectivity index (χ2v) is 22.4. The predicted molar refractivity (Wildman–Crippen MR) is 316 cm³/mol. The number of aryl methyl sites for hydroxylation is 18. The second kappa shape index (κ2) is 25.6.